The molecule has 0 saturated heterocycles. The number of thioether (sulfide) groups is 1. The number of nitriles is 1. The van der Waals surface area contributed by atoms with E-state index in [0.717, 1.165) is 5.56 Å². The third kappa shape index (κ3) is 3.27. The Morgan fingerprint density at radius 3 is 2.75 bits per heavy atom. The Labute approximate surface area is 125 Å². The van der Waals surface area contributed by atoms with Gasteiger partial charge in [0.15, 0.2) is 0 Å². The summed E-state index contributed by atoms with van der Waals surface area (Å²) in [7, 11) is 0. The minimum atomic E-state index is -0.366. The summed E-state index contributed by atoms with van der Waals surface area (Å²) in [6.45, 7) is 3.56. The Morgan fingerprint density at radius 2 is 2.10 bits per heavy atom. The van der Waals surface area contributed by atoms with Crippen LogP contribution in [0.5, 0.6) is 0 Å². The van der Waals surface area contributed by atoms with E-state index in [2.05, 4.69) is 16.0 Å². The molecule has 3 nitrogen and oxygen atoms in total. The number of aromatic nitrogens is 2. The quantitative estimate of drug-likeness (QED) is 0.634. The summed E-state index contributed by atoms with van der Waals surface area (Å²) in [6.07, 6.45) is 0. The normalized spacial score (nSPS) is 10.3. The highest BCUT2D eigenvalue weighted by atomic mass is 35.5. The molecule has 0 bridgehead atoms. The average Bonchev–Trinajstić information content (AvgIpc) is 2.37. The summed E-state index contributed by atoms with van der Waals surface area (Å²) in [6, 6.07) is 6.39. The van der Waals surface area contributed by atoms with E-state index in [1.807, 2.05) is 0 Å². The van der Waals surface area contributed by atoms with Crippen LogP contribution in [-0.4, -0.2) is 9.97 Å². The summed E-state index contributed by atoms with van der Waals surface area (Å²) in [5.74, 6) is 0.772. The van der Waals surface area contributed by atoms with E-state index >= 15 is 0 Å². The first-order chi connectivity index (χ1) is 9.51. The van der Waals surface area contributed by atoms with Gasteiger partial charge < -0.3 is 0 Å². The monoisotopic (exact) mass is 307 g/mol. The van der Waals surface area contributed by atoms with Crippen molar-refractivity contribution in [2.75, 3.05) is 0 Å². The predicted molar refractivity (Wildman–Crippen MR) is 77.2 cm³/mol. The predicted octanol–water partition coefficient (Wildman–Crippen LogP) is 4.05. The highest BCUT2D eigenvalue weighted by molar-refractivity contribution is 7.98. The lowest BCUT2D eigenvalue weighted by Crippen LogP contribution is -1.99. The van der Waals surface area contributed by atoms with Gasteiger partial charge in [-0.1, -0.05) is 17.7 Å². The van der Waals surface area contributed by atoms with Crippen molar-refractivity contribution in [3.8, 4) is 6.07 Å². The minimum Gasteiger partial charge on any atom is -0.237 e. The van der Waals surface area contributed by atoms with E-state index in [0.29, 0.717) is 32.9 Å². The molecule has 0 fully saturated rings. The summed E-state index contributed by atoms with van der Waals surface area (Å²) in [5, 5.41) is 10.2. The molecule has 1 aromatic carbocycles. The second-order valence-corrected chi connectivity index (χ2v) is 5.54. The van der Waals surface area contributed by atoms with Gasteiger partial charge in [0.1, 0.15) is 28.3 Å². The molecular formula is C14H11ClFN3S. The minimum absolute atomic E-state index is 0.366. The number of rotatable bonds is 3. The Kier molecular flexibility index (Phi) is 4.58. The number of hydrogen-bond acceptors (Lipinski definition) is 4. The van der Waals surface area contributed by atoms with Gasteiger partial charge in [-0.3, -0.25) is 0 Å². The third-order valence-electron chi connectivity index (χ3n) is 2.66. The lowest BCUT2D eigenvalue weighted by molar-refractivity contribution is 0.627. The lowest BCUT2D eigenvalue weighted by Gasteiger charge is -2.07. The van der Waals surface area contributed by atoms with E-state index in [-0.39, 0.29) is 5.82 Å². The number of nitrogens with zero attached hydrogens (tertiary/aromatic N) is 3. The summed E-state index contributed by atoms with van der Waals surface area (Å²) in [4.78, 5) is 8.45. The first-order valence-corrected chi connectivity index (χ1v) is 7.19. The highest BCUT2D eigenvalue weighted by Gasteiger charge is 2.11. The number of hydrogen-bond donors (Lipinski definition) is 0. The van der Waals surface area contributed by atoms with Crippen molar-refractivity contribution in [3.63, 3.8) is 0 Å². The summed E-state index contributed by atoms with van der Waals surface area (Å²) in [5.41, 5.74) is 1.93. The van der Waals surface area contributed by atoms with Crippen LogP contribution in [-0.2, 0) is 5.75 Å². The van der Waals surface area contributed by atoms with E-state index in [1.54, 1.807) is 19.9 Å². The van der Waals surface area contributed by atoms with Gasteiger partial charge in [-0.2, -0.15) is 5.26 Å². The molecule has 0 radical (unpaired) electrons. The van der Waals surface area contributed by atoms with Gasteiger partial charge in [-0.15, -0.1) is 11.8 Å². The van der Waals surface area contributed by atoms with Gasteiger partial charge in [0, 0.05) is 10.8 Å². The maximum atomic E-state index is 13.0. The SMILES string of the molecule is Cc1nc(C)c(C#N)c(SCc2ccc(F)cc2Cl)n1. The summed E-state index contributed by atoms with van der Waals surface area (Å²) < 4.78 is 13.0. The molecular weight excluding hydrogens is 297 g/mol. The molecule has 6 heteroatoms. The maximum absolute atomic E-state index is 13.0. The average molecular weight is 308 g/mol. The summed E-state index contributed by atoms with van der Waals surface area (Å²) >= 11 is 7.37. The van der Waals surface area contributed by atoms with Crippen molar-refractivity contribution < 1.29 is 4.39 Å². The second kappa shape index (κ2) is 6.21. The van der Waals surface area contributed by atoms with Crippen LogP contribution in [0.25, 0.3) is 0 Å². The molecule has 0 spiro atoms. The van der Waals surface area contributed by atoms with Crippen molar-refractivity contribution in [3.05, 3.63) is 51.7 Å². The van der Waals surface area contributed by atoms with Crippen LogP contribution in [0.1, 0.15) is 22.6 Å². The van der Waals surface area contributed by atoms with Crippen LogP contribution in [0.3, 0.4) is 0 Å². The Hall–Kier alpha value is -1.64. The number of aryl methyl sites for hydroxylation is 2. The zero-order chi connectivity index (χ0) is 14.7. The maximum Gasteiger partial charge on any atom is 0.126 e. The van der Waals surface area contributed by atoms with Crippen molar-refractivity contribution >= 4 is 23.4 Å². The standard InChI is InChI=1S/C14H11ClFN3S/c1-8-12(6-17)14(19-9(2)18-8)20-7-10-3-4-11(16)5-13(10)15/h3-5H,7H2,1-2H3. The Balaban J connectivity index is 2.25. The van der Waals surface area contributed by atoms with Crippen LogP contribution >= 0.6 is 23.4 Å². The van der Waals surface area contributed by atoms with Crippen molar-refractivity contribution in [1.82, 2.24) is 9.97 Å². The molecule has 0 atom stereocenters. The molecule has 0 saturated carbocycles. The van der Waals surface area contributed by atoms with Gasteiger partial charge in [-0.25, -0.2) is 14.4 Å². The van der Waals surface area contributed by atoms with Crippen molar-refractivity contribution in [2.45, 2.75) is 24.6 Å². The zero-order valence-corrected chi connectivity index (χ0v) is 12.5. The van der Waals surface area contributed by atoms with E-state index in [4.69, 9.17) is 16.9 Å². The zero-order valence-electron chi connectivity index (χ0n) is 10.9. The molecule has 1 heterocycles. The van der Waals surface area contributed by atoms with Gasteiger partial charge in [-0.05, 0) is 31.5 Å². The second-order valence-electron chi connectivity index (χ2n) is 4.17. The van der Waals surface area contributed by atoms with Gasteiger partial charge in [0.05, 0.1) is 5.69 Å². The van der Waals surface area contributed by atoms with Gasteiger partial charge >= 0.3 is 0 Å². The molecule has 102 valence electrons. The topological polar surface area (TPSA) is 49.6 Å². The number of halogens is 2. The fraction of sp³-hybridized carbons (Fsp3) is 0.214. The first kappa shape index (κ1) is 14.8. The molecule has 0 aliphatic rings. The van der Waals surface area contributed by atoms with Crippen molar-refractivity contribution in [2.24, 2.45) is 0 Å². The van der Waals surface area contributed by atoms with E-state index in [9.17, 15) is 4.39 Å². The van der Waals surface area contributed by atoms with Gasteiger partial charge in [0.25, 0.3) is 0 Å². The molecule has 0 aliphatic heterocycles. The molecule has 0 aliphatic carbocycles. The molecule has 2 rings (SSSR count). The van der Waals surface area contributed by atoms with Gasteiger partial charge in [0.2, 0.25) is 0 Å². The van der Waals surface area contributed by atoms with Crippen molar-refractivity contribution in [1.29, 1.82) is 5.26 Å². The van der Waals surface area contributed by atoms with Crippen LogP contribution in [0.4, 0.5) is 4.39 Å². The highest BCUT2D eigenvalue weighted by Crippen LogP contribution is 2.28. The number of benzene rings is 1. The fourth-order valence-corrected chi connectivity index (χ4v) is 3.09. The molecule has 0 N–H and O–H groups in total. The van der Waals surface area contributed by atoms with Crippen LogP contribution in [0.15, 0.2) is 23.2 Å². The van der Waals surface area contributed by atoms with Crippen LogP contribution < -0.4 is 0 Å². The third-order valence-corrected chi connectivity index (χ3v) is 4.04. The van der Waals surface area contributed by atoms with Crippen LogP contribution in [0, 0.1) is 31.0 Å². The van der Waals surface area contributed by atoms with E-state index < -0.39 is 0 Å². The molecule has 20 heavy (non-hydrogen) atoms. The Morgan fingerprint density at radius 1 is 1.35 bits per heavy atom. The smallest absolute Gasteiger partial charge is 0.126 e. The first-order valence-electron chi connectivity index (χ1n) is 5.83. The molecule has 1 aromatic heterocycles. The van der Waals surface area contributed by atoms with E-state index in [1.165, 1.54) is 23.9 Å². The largest absolute Gasteiger partial charge is 0.237 e. The lowest BCUT2D eigenvalue weighted by atomic mass is 10.2. The van der Waals surface area contributed by atoms with Crippen LogP contribution in [0.2, 0.25) is 5.02 Å². The molecule has 0 amide bonds. The Bertz CT molecular complexity index is 698. The fourth-order valence-electron chi connectivity index (χ4n) is 1.70. The molecule has 0 unspecified atom stereocenters. The molecule has 2 aromatic rings.